The quantitative estimate of drug-likeness (QED) is 0.591. The van der Waals surface area contributed by atoms with Crippen molar-refractivity contribution >= 4 is 10.0 Å². The van der Waals surface area contributed by atoms with Crippen molar-refractivity contribution in [1.29, 1.82) is 0 Å². The van der Waals surface area contributed by atoms with Gasteiger partial charge in [-0.25, -0.2) is 13.1 Å². The second kappa shape index (κ2) is 5.51. The van der Waals surface area contributed by atoms with Crippen LogP contribution in [0.1, 0.15) is 19.8 Å². The van der Waals surface area contributed by atoms with Crippen LogP contribution in [0.5, 0.6) is 0 Å². The fourth-order valence-electron chi connectivity index (χ4n) is 0.608. The maximum Gasteiger partial charge on any atom is 0.211 e. The second-order valence-corrected chi connectivity index (χ2v) is 4.22. The first kappa shape index (κ1) is 10.9. The minimum absolute atomic E-state index is 0.117. The topological polar surface area (TPSA) is 66.4 Å². The Morgan fingerprint density at radius 3 is 2.55 bits per heavy atom. The highest BCUT2D eigenvalue weighted by Crippen LogP contribution is 1.92. The lowest BCUT2D eigenvalue weighted by Crippen LogP contribution is -2.28. The van der Waals surface area contributed by atoms with Gasteiger partial charge in [-0.1, -0.05) is 13.3 Å². The van der Waals surface area contributed by atoms with E-state index in [0.29, 0.717) is 6.42 Å². The summed E-state index contributed by atoms with van der Waals surface area (Å²) in [4.78, 5) is 0. The Hall–Kier alpha value is -0.130. The van der Waals surface area contributed by atoms with Crippen LogP contribution in [0.3, 0.4) is 0 Å². The standard InChI is InChI=1S/C6H15NO3S/c1-2-3-6-11(9,10)7-4-5-8/h7-8H,2-6H2,1H3. The Morgan fingerprint density at radius 1 is 1.45 bits per heavy atom. The molecule has 0 aromatic rings. The summed E-state index contributed by atoms with van der Waals surface area (Å²) in [6, 6.07) is 0. The second-order valence-electron chi connectivity index (χ2n) is 2.29. The van der Waals surface area contributed by atoms with E-state index in [1.165, 1.54) is 0 Å². The normalized spacial score (nSPS) is 11.8. The van der Waals surface area contributed by atoms with E-state index in [-0.39, 0.29) is 18.9 Å². The molecule has 11 heavy (non-hydrogen) atoms. The van der Waals surface area contributed by atoms with Crippen molar-refractivity contribution in [3.05, 3.63) is 0 Å². The first-order chi connectivity index (χ1) is 5.12. The van der Waals surface area contributed by atoms with Crippen LogP contribution in [-0.2, 0) is 10.0 Å². The van der Waals surface area contributed by atoms with Crippen molar-refractivity contribution in [2.45, 2.75) is 19.8 Å². The fraction of sp³-hybridized carbons (Fsp3) is 1.00. The summed E-state index contributed by atoms with van der Waals surface area (Å²) >= 11 is 0. The maximum atomic E-state index is 10.9. The van der Waals surface area contributed by atoms with E-state index in [9.17, 15) is 8.42 Å². The van der Waals surface area contributed by atoms with Crippen LogP contribution in [0.2, 0.25) is 0 Å². The van der Waals surface area contributed by atoms with E-state index in [2.05, 4.69) is 4.72 Å². The van der Waals surface area contributed by atoms with Crippen LogP contribution in [0.25, 0.3) is 0 Å². The van der Waals surface area contributed by atoms with E-state index >= 15 is 0 Å². The van der Waals surface area contributed by atoms with Crippen molar-refractivity contribution in [3.8, 4) is 0 Å². The number of aliphatic hydroxyl groups excluding tert-OH is 1. The summed E-state index contributed by atoms with van der Waals surface area (Å²) < 4.78 is 24.1. The monoisotopic (exact) mass is 181 g/mol. The van der Waals surface area contributed by atoms with Crippen LogP contribution in [0.4, 0.5) is 0 Å². The van der Waals surface area contributed by atoms with Crippen LogP contribution in [-0.4, -0.2) is 32.4 Å². The molecule has 0 bridgehead atoms. The van der Waals surface area contributed by atoms with Crippen molar-refractivity contribution in [3.63, 3.8) is 0 Å². The van der Waals surface area contributed by atoms with Gasteiger partial charge in [-0.15, -0.1) is 0 Å². The highest BCUT2D eigenvalue weighted by Gasteiger charge is 2.06. The van der Waals surface area contributed by atoms with Crippen molar-refractivity contribution in [2.24, 2.45) is 0 Å². The van der Waals surface area contributed by atoms with Gasteiger partial charge < -0.3 is 5.11 Å². The molecule has 0 fully saturated rings. The SMILES string of the molecule is CCCCS(=O)(=O)NCCO. The number of nitrogens with one attached hydrogen (secondary N) is 1. The molecule has 0 saturated carbocycles. The number of hydrogen-bond acceptors (Lipinski definition) is 3. The molecular weight excluding hydrogens is 166 g/mol. The zero-order valence-electron chi connectivity index (χ0n) is 6.71. The minimum atomic E-state index is -3.12. The summed E-state index contributed by atoms with van der Waals surface area (Å²) in [7, 11) is -3.12. The molecule has 0 saturated heterocycles. The van der Waals surface area contributed by atoms with Crippen molar-refractivity contribution < 1.29 is 13.5 Å². The van der Waals surface area contributed by atoms with Gasteiger partial charge in [0.1, 0.15) is 0 Å². The predicted octanol–water partition coefficient (Wildman–Crippen LogP) is -0.302. The van der Waals surface area contributed by atoms with E-state index in [0.717, 1.165) is 6.42 Å². The Labute approximate surface area is 67.7 Å². The van der Waals surface area contributed by atoms with Gasteiger partial charge in [0.25, 0.3) is 0 Å². The molecule has 0 aromatic heterocycles. The summed E-state index contributed by atoms with van der Waals surface area (Å²) in [5.74, 6) is 0.156. The maximum absolute atomic E-state index is 10.9. The van der Waals surface area contributed by atoms with Crippen LogP contribution >= 0.6 is 0 Å². The van der Waals surface area contributed by atoms with Gasteiger partial charge >= 0.3 is 0 Å². The molecule has 0 heterocycles. The largest absolute Gasteiger partial charge is 0.395 e. The molecule has 4 nitrogen and oxygen atoms in total. The van der Waals surface area contributed by atoms with Crippen molar-refractivity contribution in [1.82, 2.24) is 4.72 Å². The molecule has 0 spiro atoms. The van der Waals surface area contributed by atoms with Crippen molar-refractivity contribution in [2.75, 3.05) is 18.9 Å². The van der Waals surface area contributed by atoms with Gasteiger partial charge in [0.05, 0.1) is 12.4 Å². The number of sulfonamides is 1. The average Bonchev–Trinajstić information content (AvgIpc) is 1.97. The zero-order chi connectivity index (χ0) is 8.74. The van der Waals surface area contributed by atoms with Gasteiger partial charge in [-0.2, -0.15) is 0 Å². The lowest BCUT2D eigenvalue weighted by Gasteiger charge is -2.02. The summed E-state index contributed by atoms with van der Waals surface area (Å²) in [5, 5.41) is 8.33. The highest BCUT2D eigenvalue weighted by molar-refractivity contribution is 7.89. The number of rotatable bonds is 6. The number of unbranched alkanes of at least 4 members (excludes halogenated alkanes) is 1. The van der Waals surface area contributed by atoms with Crippen LogP contribution in [0, 0.1) is 0 Å². The Bertz CT molecular complexity index is 162. The molecule has 2 N–H and O–H groups in total. The Kier molecular flexibility index (Phi) is 5.45. The number of aliphatic hydroxyl groups is 1. The third-order valence-corrected chi connectivity index (χ3v) is 2.67. The molecule has 0 atom stereocenters. The van der Waals surface area contributed by atoms with Gasteiger partial charge in [0, 0.05) is 6.54 Å². The first-order valence-electron chi connectivity index (χ1n) is 3.70. The van der Waals surface area contributed by atoms with Crippen LogP contribution in [0.15, 0.2) is 0 Å². The van der Waals surface area contributed by atoms with Gasteiger partial charge in [-0.3, -0.25) is 0 Å². The number of hydrogen-bond donors (Lipinski definition) is 2. The van der Waals surface area contributed by atoms with E-state index < -0.39 is 10.0 Å². The molecule has 0 unspecified atom stereocenters. The van der Waals surface area contributed by atoms with E-state index in [1.807, 2.05) is 6.92 Å². The molecule has 0 radical (unpaired) electrons. The van der Waals surface area contributed by atoms with Gasteiger partial charge in [-0.05, 0) is 6.42 Å². The molecule has 0 aliphatic rings. The highest BCUT2D eigenvalue weighted by atomic mass is 32.2. The summed E-state index contributed by atoms with van der Waals surface area (Å²) in [6.07, 6.45) is 1.53. The average molecular weight is 181 g/mol. The van der Waals surface area contributed by atoms with Crippen LogP contribution < -0.4 is 4.72 Å². The molecule has 0 aliphatic heterocycles. The van der Waals surface area contributed by atoms with Gasteiger partial charge in [0.2, 0.25) is 10.0 Å². The third-order valence-electron chi connectivity index (χ3n) is 1.20. The van der Waals surface area contributed by atoms with E-state index in [1.54, 1.807) is 0 Å². The first-order valence-corrected chi connectivity index (χ1v) is 5.36. The minimum Gasteiger partial charge on any atom is -0.395 e. The zero-order valence-corrected chi connectivity index (χ0v) is 7.52. The Balaban J connectivity index is 3.63. The fourth-order valence-corrected chi connectivity index (χ4v) is 1.82. The van der Waals surface area contributed by atoms with E-state index in [4.69, 9.17) is 5.11 Å². The molecule has 0 aromatic carbocycles. The molecule has 0 rings (SSSR count). The lowest BCUT2D eigenvalue weighted by atomic mass is 10.4. The summed E-state index contributed by atoms with van der Waals surface area (Å²) in [6.45, 7) is 1.90. The summed E-state index contributed by atoms with van der Waals surface area (Å²) in [5.41, 5.74) is 0. The third kappa shape index (κ3) is 6.28. The lowest BCUT2D eigenvalue weighted by molar-refractivity contribution is 0.301. The van der Waals surface area contributed by atoms with Gasteiger partial charge in [0.15, 0.2) is 0 Å². The molecule has 5 heteroatoms. The molecule has 68 valence electrons. The Morgan fingerprint density at radius 2 is 2.09 bits per heavy atom. The predicted molar refractivity (Wildman–Crippen MR) is 43.8 cm³/mol. The molecule has 0 amide bonds. The smallest absolute Gasteiger partial charge is 0.211 e. The molecule has 0 aliphatic carbocycles. The molecular formula is C6H15NO3S.